The second kappa shape index (κ2) is 4.88. The molecule has 0 bridgehead atoms. The summed E-state index contributed by atoms with van der Waals surface area (Å²) in [5.41, 5.74) is 9.71. The van der Waals surface area contributed by atoms with Gasteiger partial charge < -0.3 is 10.6 Å². The molecule has 1 heterocycles. The Hall–Kier alpha value is -0.340. The minimum absolute atomic E-state index is 0.419. The fourth-order valence-electron chi connectivity index (χ4n) is 8.76. The molecule has 0 amide bonds. The largest absolute Gasteiger partial charge is 0.327 e. The molecule has 7 atom stereocenters. The van der Waals surface area contributed by atoms with Gasteiger partial charge in [0.05, 0.1) is 0 Å². The quantitative estimate of drug-likeness (QED) is 0.675. The molecular weight excluding hydrogens is 292 g/mol. The van der Waals surface area contributed by atoms with Gasteiger partial charge in [0.25, 0.3) is 0 Å². The highest BCUT2D eigenvalue weighted by atomic mass is 15.1. The van der Waals surface area contributed by atoms with Crippen LogP contribution in [0.5, 0.6) is 0 Å². The molecule has 0 radical (unpaired) electrons. The lowest BCUT2D eigenvalue weighted by Crippen LogP contribution is -2.57. The first-order chi connectivity index (χ1) is 11.4. The van der Waals surface area contributed by atoms with E-state index in [9.17, 15) is 0 Å². The Bertz CT molecular complexity index is 583. The fourth-order valence-corrected chi connectivity index (χ4v) is 8.76. The van der Waals surface area contributed by atoms with Gasteiger partial charge in [-0.05, 0) is 92.4 Å². The number of allylic oxidation sites excluding steroid dienone is 1. The van der Waals surface area contributed by atoms with Gasteiger partial charge in [-0.25, -0.2) is 0 Å². The molecule has 2 heteroatoms. The van der Waals surface area contributed by atoms with Gasteiger partial charge in [0.2, 0.25) is 0 Å². The van der Waals surface area contributed by atoms with Crippen molar-refractivity contribution >= 4 is 0 Å². The number of nitrogens with zero attached hydrogens (tertiary/aromatic N) is 1. The van der Waals surface area contributed by atoms with Crippen molar-refractivity contribution in [1.82, 2.24) is 4.90 Å². The molecule has 2 nitrogen and oxygen atoms in total. The molecule has 24 heavy (non-hydrogen) atoms. The summed E-state index contributed by atoms with van der Waals surface area (Å²) in [6, 6.07) is 0.419. The molecule has 7 unspecified atom stereocenters. The summed E-state index contributed by atoms with van der Waals surface area (Å²) in [7, 11) is 2.36. The monoisotopic (exact) mass is 328 g/mol. The van der Waals surface area contributed by atoms with Crippen molar-refractivity contribution in [2.45, 2.75) is 71.3 Å². The van der Waals surface area contributed by atoms with Crippen molar-refractivity contribution in [1.29, 1.82) is 0 Å². The number of nitrogens with two attached hydrogens (primary N) is 1. The van der Waals surface area contributed by atoms with Crippen LogP contribution in [0.1, 0.15) is 65.2 Å². The third-order valence-corrected chi connectivity index (χ3v) is 9.71. The van der Waals surface area contributed by atoms with Gasteiger partial charge >= 0.3 is 0 Å². The average Bonchev–Trinajstić information content (AvgIpc) is 3.01. The Balaban J connectivity index is 1.55. The van der Waals surface area contributed by atoms with Crippen LogP contribution < -0.4 is 5.73 Å². The van der Waals surface area contributed by atoms with E-state index in [1.165, 1.54) is 64.5 Å². The van der Waals surface area contributed by atoms with E-state index in [0.717, 1.165) is 17.8 Å². The Labute approximate surface area is 148 Å². The smallest absolute Gasteiger partial charge is 0.00766 e. The van der Waals surface area contributed by atoms with E-state index in [2.05, 4.69) is 31.9 Å². The van der Waals surface area contributed by atoms with Crippen LogP contribution in [0.15, 0.2) is 11.6 Å². The molecule has 0 aromatic rings. The zero-order chi connectivity index (χ0) is 16.7. The van der Waals surface area contributed by atoms with E-state index in [-0.39, 0.29) is 0 Å². The van der Waals surface area contributed by atoms with Crippen LogP contribution in [-0.2, 0) is 0 Å². The predicted octanol–water partition coefficient (Wildman–Crippen LogP) is 4.21. The van der Waals surface area contributed by atoms with Crippen LogP contribution in [0.4, 0.5) is 0 Å². The highest BCUT2D eigenvalue weighted by molar-refractivity contribution is 5.28. The van der Waals surface area contributed by atoms with Gasteiger partial charge in [0.1, 0.15) is 0 Å². The number of hydrogen-bond donors (Lipinski definition) is 1. The van der Waals surface area contributed by atoms with Crippen molar-refractivity contribution in [3.8, 4) is 0 Å². The topological polar surface area (TPSA) is 29.3 Å². The SMILES string of the molecule is CN1CC2CCC3C4(C)CC=C5CC(N)CCC5(C)C4CCC23C1. The fraction of sp³-hybridized carbons (Fsp3) is 0.909. The van der Waals surface area contributed by atoms with Crippen molar-refractivity contribution in [3.63, 3.8) is 0 Å². The van der Waals surface area contributed by atoms with Crippen LogP contribution in [0.25, 0.3) is 0 Å². The second-order valence-electron chi connectivity index (χ2n) is 10.7. The summed E-state index contributed by atoms with van der Waals surface area (Å²) >= 11 is 0. The molecule has 0 aromatic heterocycles. The third-order valence-electron chi connectivity index (χ3n) is 9.71. The Morgan fingerprint density at radius 1 is 1.08 bits per heavy atom. The highest BCUT2D eigenvalue weighted by Gasteiger charge is 2.66. The third kappa shape index (κ3) is 1.80. The molecule has 1 spiro atoms. The van der Waals surface area contributed by atoms with Gasteiger partial charge in [0.15, 0.2) is 0 Å². The summed E-state index contributed by atoms with van der Waals surface area (Å²) in [5, 5.41) is 0. The molecule has 4 aliphatic carbocycles. The first-order valence-corrected chi connectivity index (χ1v) is 10.5. The first-order valence-electron chi connectivity index (χ1n) is 10.5. The molecule has 1 aliphatic heterocycles. The van der Waals surface area contributed by atoms with Crippen molar-refractivity contribution in [2.75, 3.05) is 20.1 Å². The summed E-state index contributed by atoms with van der Waals surface area (Å²) in [4.78, 5) is 2.64. The van der Waals surface area contributed by atoms with E-state index >= 15 is 0 Å². The maximum absolute atomic E-state index is 6.33. The Morgan fingerprint density at radius 2 is 1.92 bits per heavy atom. The highest BCUT2D eigenvalue weighted by Crippen LogP contribution is 2.72. The summed E-state index contributed by atoms with van der Waals surface area (Å²) in [6.45, 7) is 8.04. The zero-order valence-corrected chi connectivity index (χ0v) is 16.0. The number of hydrogen-bond acceptors (Lipinski definition) is 2. The molecule has 5 rings (SSSR count). The molecule has 4 fully saturated rings. The number of rotatable bonds is 0. The average molecular weight is 329 g/mol. The normalized spacial score (nSPS) is 56.9. The molecule has 5 aliphatic rings. The predicted molar refractivity (Wildman–Crippen MR) is 99.6 cm³/mol. The number of fused-ring (bicyclic) bond motifs is 4. The van der Waals surface area contributed by atoms with E-state index in [0.29, 0.717) is 22.3 Å². The van der Waals surface area contributed by atoms with Crippen LogP contribution in [0.3, 0.4) is 0 Å². The molecular formula is C22H36N2. The minimum Gasteiger partial charge on any atom is -0.327 e. The molecule has 134 valence electrons. The summed E-state index contributed by atoms with van der Waals surface area (Å²) in [6.07, 6.45) is 13.7. The molecule has 3 saturated carbocycles. The maximum Gasteiger partial charge on any atom is 0.00766 e. The lowest BCUT2D eigenvalue weighted by atomic mass is 9.41. The Morgan fingerprint density at radius 3 is 2.75 bits per heavy atom. The van der Waals surface area contributed by atoms with Gasteiger partial charge in [-0.1, -0.05) is 25.5 Å². The van der Waals surface area contributed by atoms with E-state index in [1.54, 1.807) is 5.57 Å². The second-order valence-corrected chi connectivity index (χ2v) is 10.7. The first kappa shape index (κ1) is 15.9. The van der Waals surface area contributed by atoms with Crippen LogP contribution in [0, 0.1) is 34.0 Å². The van der Waals surface area contributed by atoms with Gasteiger partial charge in [-0.2, -0.15) is 0 Å². The van der Waals surface area contributed by atoms with E-state index in [1.807, 2.05) is 0 Å². The Kier molecular flexibility index (Phi) is 3.23. The van der Waals surface area contributed by atoms with Gasteiger partial charge in [-0.3, -0.25) is 0 Å². The lowest BCUT2D eigenvalue weighted by Gasteiger charge is -2.63. The van der Waals surface area contributed by atoms with Crippen molar-refractivity contribution in [2.24, 2.45) is 39.7 Å². The molecule has 1 saturated heterocycles. The standard InChI is InChI=1S/C22H36N2/c1-20-10-7-17(23)12-15(20)6-9-21(2)18(20)8-11-22-14-24(3)13-16(22)4-5-19(21)22/h6,16-19H,4-5,7-14,23H2,1-3H3. The van der Waals surface area contributed by atoms with Crippen molar-refractivity contribution in [3.05, 3.63) is 11.6 Å². The van der Waals surface area contributed by atoms with Crippen molar-refractivity contribution < 1.29 is 0 Å². The number of likely N-dealkylation sites (tertiary alicyclic amines) is 1. The van der Waals surface area contributed by atoms with Gasteiger partial charge in [0, 0.05) is 19.1 Å². The summed E-state index contributed by atoms with van der Waals surface area (Å²) < 4.78 is 0. The lowest BCUT2D eigenvalue weighted by molar-refractivity contribution is -0.103. The van der Waals surface area contributed by atoms with Gasteiger partial charge in [-0.15, -0.1) is 0 Å². The van der Waals surface area contributed by atoms with Crippen LogP contribution in [-0.4, -0.2) is 31.1 Å². The van der Waals surface area contributed by atoms with E-state index in [4.69, 9.17) is 5.73 Å². The molecule has 0 aromatic carbocycles. The van der Waals surface area contributed by atoms with Crippen LogP contribution in [0.2, 0.25) is 0 Å². The summed E-state index contributed by atoms with van der Waals surface area (Å²) in [5.74, 6) is 2.85. The minimum atomic E-state index is 0.419. The maximum atomic E-state index is 6.33. The zero-order valence-electron chi connectivity index (χ0n) is 16.0. The molecule has 2 N–H and O–H groups in total. The van der Waals surface area contributed by atoms with Crippen LogP contribution >= 0.6 is 0 Å². The van der Waals surface area contributed by atoms with E-state index < -0.39 is 0 Å².